The van der Waals surface area contributed by atoms with Crippen LogP contribution in [0.25, 0.3) is 0 Å². The molecule has 0 unspecified atom stereocenters. The summed E-state index contributed by atoms with van der Waals surface area (Å²) in [5, 5.41) is 3.53. The highest BCUT2D eigenvalue weighted by Crippen LogP contribution is 2.26. The number of sulfonamides is 1. The Morgan fingerprint density at radius 2 is 1.49 bits per heavy atom. The molecule has 45 heavy (non-hydrogen) atoms. The van der Waals surface area contributed by atoms with Crippen molar-refractivity contribution < 1.29 is 22.4 Å². The van der Waals surface area contributed by atoms with E-state index in [1.165, 1.54) is 17.0 Å². The molecule has 0 aliphatic heterocycles. The first-order valence-corrected chi connectivity index (χ1v) is 16.5. The highest BCUT2D eigenvalue weighted by molar-refractivity contribution is 7.92. The zero-order chi connectivity index (χ0) is 32.6. The fourth-order valence-electron chi connectivity index (χ4n) is 4.76. The molecule has 0 saturated heterocycles. The summed E-state index contributed by atoms with van der Waals surface area (Å²) in [5.41, 5.74) is 2.71. The minimum Gasteiger partial charge on any atom is -0.352 e. The van der Waals surface area contributed by atoms with E-state index >= 15 is 0 Å². The van der Waals surface area contributed by atoms with Crippen LogP contribution in [0.2, 0.25) is 5.02 Å². The molecule has 4 rings (SSSR count). The second-order valence-corrected chi connectivity index (χ2v) is 13.3. The van der Waals surface area contributed by atoms with E-state index in [0.717, 1.165) is 27.6 Å². The Kier molecular flexibility index (Phi) is 11.4. The monoisotopic (exact) mass is 649 g/mol. The van der Waals surface area contributed by atoms with Gasteiger partial charge in [-0.1, -0.05) is 78.7 Å². The molecule has 0 bridgehead atoms. The average molecular weight is 650 g/mol. The molecule has 7 nitrogen and oxygen atoms in total. The topological polar surface area (TPSA) is 86.8 Å². The van der Waals surface area contributed by atoms with Gasteiger partial charge in [-0.25, -0.2) is 12.8 Å². The van der Waals surface area contributed by atoms with E-state index in [2.05, 4.69) is 5.32 Å². The molecule has 2 atom stereocenters. The van der Waals surface area contributed by atoms with Crippen LogP contribution in [0.1, 0.15) is 37.0 Å². The lowest BCUT2D eigenvalue weighted by Crippen LogP contribution is -2.54. The summed E-state index contributed by atoms with van der Waals surface area (Å²) >= 11 is 6.13. The summed E-state index contributed by atoms with van der Waals surface area (Å²) in [6.07, 6.45) is 0.893. The number of hydrogen-bond donors (Lipinski definition) is 1. The second-order valence-electron chi connectivity index (χ2n) is 11.0. The van der Waals surface area contributed by atoms with Crippen molar-refractivity contribution in [3.63, 3.8) is 0 Å². The maximum absolute atomic E-state index is 14.4. The van der Waals surface area contributed by atoms with Gasteiger partial charge in [0.25, 0.3) is 10.0 Å². The minimum atomic E-state index is -4.32. The molecule has 2 amide bonds. The predicted octanol–water partition coefficient (Wildman–Crippen LogP) is 6.54. The Labute approximate surface area is 269 Å². The van der Waals surface area contributed by atoms with Crippen LogP contribution in [0.4, 0.5) is 10.1 Å². The number of benzene rings is 4. The fourth-order valence-corrected chi connectivity index (χ4v) is 6.30. The Morgan fingerprint density at radius 3 is 2.09 bits per heavy atom. The molecular weight excluding hydrogens is 613 g/mol. The number of nitrogens with one attached hydrogen (secondary N) is 1. The molecular formula is C35H37ClFN3O4S. The molecule has 4 aromatic carbocycles. The summed E-state index contributed by atoms with van der Waals surface area (Å²) in [7, 11) is -4.32. The number of hydrogen-bond acceptors (Lipinski definition) is 4. The summed E-state index contributed by atoms with van der Waals surface area (Å²) in [6.45, 7) is 5.13. The third kappa shape index (κ3) is 8.93. The zero-order valence-corrected chi connectivity index (χ0v) is 27.1. The van der Waals surface area contributed by atoms with Crippen LogP contribution in [0.15, 0.2) is 108 Å². The smallest absolute Gasteiger partial charge is 0.264 e. The summed E-state index contributed by atoms with van der Waals surface area (Å²) in [6, 6.07) is 26.3. The van der Waals surface area contributed by atoms with E-state index in [0.29, 0.717) is 17.0 Å². The summed E-state index contributed by atoms with van der Waals surface area (Å²) in [5.74, 6) is -1.52. The van der Waals surface area contributed by atoms with Gasteiger partial charge in [0, 0.05) is 24.0 Å². The van der Waals surface area contributed by atoms with Crippen LogP contribution in [0, 0.1) is 12.7 Å². The number of carbonyl (C=O) groups excluding carboxylic acids is 2. The van der Waals surface area contributed by atoms with E-state index in [1.54, 1.807) is 48.5 Å². The number of rotatable bonds is 13. The summed E-state index contributed by atoms with van der Waals surface area (Å²) < 4.78 is 42.7. The molecule has 236 valence electrons. The van der Waals surface area contributed by atoms with Crippen molar-refractivity contribution in [3.05, 3.63) is 131 Å². The molecule has 0 aliphatic carbocycles. The number of carbonyl (C=O) groups is 2. The quantitative estimate of drug-likeness (QED) is 0.178. The Hall–Kier alpha value is -4.21. The van der Waals surface area contributed by atoms with Crippen LogP contribution in [-0.4, -0.2) is 43.8 Å². The Balaban J connectivity index is 1.80. The highest BCUT2D eigenvalue weighted by Gasteiger charge is 2.35. The third-order valence-electron chi connectivity index (χ3n) is 7.54. The van der Waals surface area contributed by atoms with Gasteiger partial charge in [0.15, 0.2) is 0 Å². The lowest BCUT2D eigenvalue weighted by molar-refractivity contribution is -0.140. The molecule has 1 N–H and O–H groups in total. The highest BCUT2D eigenvalue weighted by atomic mass is 35.5. The molecule has 10 heteroatoms. The molecule has 0 saturated carbocycles. The minimum absolute atomic E-state index is 0.0275. The third-order valence-corrected chi connectivity index (χ3v) is 9.58. The van der Waals surface area contributed by atoms with Gasteiger partial charge < -0.3 is 10.2 Å². The van der Waals surface area contributed by atoms with Gasteiger partial charge in [-0.3, -0.25) is 13.9 Å². The van der Waals surface area contributed by atoms with Crippen molar-refractivity contribution in [3.8, 4) is 0 Å². The van der Waals surface area contributed by atoms with Crippen molar-refractivity contribution in [1.29, 1.82) is 0 Å². The normalized spacial score (nSPS) is 12.6. The second kappa shape index (κ2) is 15.2. The number of aryl methyl sites for hydroxylation is 1. The largest absolute Gasteiger partial charge is 0.352 e. The van der Waals surface area contributed by atoms with Crippen molar-refractivity contribution in [2.75, 3.05) is 10.8 Å². The van der Waals surface area contributed by atoms with Crippen molar-refractivity contribution in [2.24, 2.45) is 0 Å². The Morgan fingerprint density at radius 1 is 0.867 bits per heavy atom. The van der Waals surface area contributed by atoms with Gasteiger partial charge in [-0.05, 0) is 79.9 Å². The van der Waals surface area contributed by atoms with Crippen molar-refractivity contribution in [1.82, 2.24) is 10.2 Å². The van der Waals surface area contributed by atoms with Gasteiger partial charge in [0.05, 0.1) is 10.6 Å². The number of halogens is 2. The van der Waals surface area contributed by atoms with E-state index < -0.39 is 34.3 Å². The molecule has 0 spiro atoms. The van der Waals surface area contributed by atoms with E-state index in [1.807, 2.05) is 51.1 Å². The zero-order valence-electron chi connectivity index (χ0n) is 25.5. The standard InChI is InChI=1S/C35H37ClFN3O4S/c1-4-26(3)38-35(42)33(22-27-8-6-5-7-9-27)39(23-28-12-14-29(36)15-13-28)34(41)24-40(31-18-10-25(2)11-19-31)45(43,44)32-20-16-30(37)17-21-32/h5-21,26,33H,4,22-24H2,1-3H3,(H,38,42)/t26-,33+/m1/s1. The van der Waals surface area contributed by atoms with E-state index in [4.69, 9.17) is 11.6 Å². The fraction of sp³-hybridized carbons (Fsp3) is 0.257. The van der Waals surface area contributed by atoms with Crippen molar-refractivity contribution in [2.45, 2.75) is 57.1 Å². The predicted molar refractivity (Wildman–Crippen MR) is 176 cm³/mol. The molecule has 0 fully saturated rings. The van der Waals surface area contributed by atoms with Gasteiger partial charge >= 0.3 is 0 Å². The first-order chi connectivity index (χ1) is 21.5. The Bertz CT molecular complexity index is 1680. The molecule has 4 aromatic rings. The van der Waals surface area contributed by atoms with E-state index in [9.17, 15) is 22.4 Å². The van der Waals surface area contributed by atoms with Crippen LogP contribution in [-0.2, 0) is 32.6 Å². The molecule has 0 aliphatic rings. The first-order valence-electron chi connectivity index (χ1n) is 14.7. The van der Waals surface area contributed by atoms with Gasteiger partial charge in [-0.2, -0.15) is 0 Å². The number of anilines is 1. The van der Waals surface area contributed by atoms with Crippen LogP contribution >= 0.6 is 11.6 Å². The molecule has 0 aromatic heterocycles. The van der Waals surface area contributed by atoms with Crippen molar-refractivity contribution >= 4 is 39.1 Å². The maximum Gasteiger partial charge on any atom is 0.264 e. The maximum atomic E-state index is 14.4. The SMILES string of the molecule is CC[C@@H](C)NC(=O)[C@H](Cc1ccccc1)N(Cc1ccc(Cl)cc1)C(=O)CN(c1ccc(C)cc1)S(=O)(=O)c1ccc(F)cc1. The van der Waals surface area contributed by atoms with Gasteiger partial charge in [0.1, 0.15) is 18.4 Å². The lowest BCUT2D eigenvalue weighted by Gasteiger charge is -2.34. The number of nitrogens with zero attached hydrogens (tertiary/aromatic N) is 2. The average Bonchev–Trinajstić information content (AvgIpc) is 3.03. The van der Waals surface area contributed by atoms with Crippen LogP contribution in [0.3, 0.4) is 0 Å². The number of amides is 2. The molecule has 0 radical (unpaired) electrons. The molecule has 0 heterocycles. The summed E-state index contributed by atoms with van der Waals surface area (Å²) in [4.78, 5) is 29.6. The van der Waals surface area contributed by atoms with Gasteiger partial charge in [-0.15, -0.1) is 0 Å². The lowest BCUT2D eigenvalue weighted by atomic mass is 10.0. The van der Waals surface area contributed by atoms with Crippen LogP contribution < -0.4 is 9.62 Å². The van der Waals surface area contributed by atoms with E-state index in [-0.39, 0.29) is 35.5 Å². The first kappa shape index (κ1) is 33.7. The van der Waals surface area contributed by atoms with Gasteiger partial charge in [0.2, 0.25) is 11.8 Å². The van der Waals surface area contributed by atoms with Crippen LogP contribution in [0.5, 0.6) is 0 Å².